The highest BCUT2D eigenvalue weighted by atomic mass is 28.3. The Morgan fingerprint density at radius 3 is 2.32 bits per heavy atom. The van der Waals surface area contributed by atoms with E-state index in [1.807, 2.05) is 42.5 Å². The van der Waals surface area contributed by atoms with Crippen LogP contribution in [0, 0.1) is 0 Å². The van der Waals surface area contributed by atoms with E-state index in [0.29, 0.717) is 13.0 Å². The number of amides is 1. The summed E-state index contributed by atoms with van der Waals surface area (Å²) in [6, 6.07) is 17.8. The number of nitrogens with zero attached hydrogens (tertiary/aromatic N) is 1. The largest absolute Gasteiger partial charge is 0.307 e. The standard InChI is InChI=1S/C24H25NO2Si/c1-5-15-25-20-14-10-9-13-19(20)24(23(25)27)16-18(17-11-7-6-8-12-17)21(22(24)26)28(2,3)4/h5-14H,1,15-16H2,2-4H3/t24-/m1/s1. The van der Waals surface area contributed by atoms with E-state index in [4.69, 9.17) is 0 Å². The summed E-state index contributed by atoms with van der Waals surface area (Å²) >= 11 is 0. The molecule has 0 saturated carbocycles. The molecule has 3 nitrogen and oxygen atoms in total. The van der Waals surface area contributed by atoms with Crippen molar-refractivity contribution in [1.82, 2.24) is 0 Å². The fourth-order valence-corrected chi connectivity index (χ4v) is 6.72. The second-order valence-electron chi connectivity index (χ2n) is 8.60. The van der Waals surface area contributed by atoms with Crippen LogP contribution < -0.4 is 4.90 Å². The Kier molecular flexibility index (Phi) is 4.27. The van der Waals surface area contributed by atoms with Gasteiger partial charge >= 0.3 is 0 Å². The predicted octanol–water partition coefficient (Wildman–Crippen LogP) is 4.76. The Balaban J connectivity index is 1.95. The first-order valence-corrected chi connectivity index (χ1v) is 13.2. The lowest BCUT2D eigenvalue weighted by Gasteiger charge is -2.25. The molecule has 0 fully saturated rings. The molecule has 142 valence electrons. The molecule has 1 amide bonds. The number of para-hydroxylation sites is 1. The summed E-state index contributed by atoms with van der Waals surface area (Å²) in [6.45, 7) is 10.8. The van der Waals surface area contributed by atoms with E-state index in [1.54, 1.807) is 11.0 Å². The van der Waals surface area contributed by atoms with Crippen LogP contribution in [0.2, 0.25) is 19.6 Å². The van der Waals surface area contributed by atoms with Crippen LogP contribution in [0.1, 0.15) is 17.5 Å². The van der Waals surface area contributed by atoms with Crippen LogP contribution in [0.5, 0.6) is 0 Å². The quantitative estimate of drug-likeness (QED) is 0.431. The normalized spacial score (nSPS) is 21.6. The second kappa shape index (κ2) is 6.42. The summed E-state index contributed by atoms with van der Waals surface area (Å²) in [5, 5.41) is 0.905. The van der Waals surface area contributed by atoms with Crippen LogP contribution in [0.15, 0.2) is 72.4 Å². The van der Waals surface area contributed by atoms with Gasteiger partial charge in [0.15, 0.2) is 5.78 Å². The first-order valence-electron chi connectivity index (χ1n) is 9.68. The molecule has 0 N–H and O–H groups in total. The average molecular weight is 388 g/mol. The van der Waals surface area contributed by atoms with Crippen LogP contribution in [0.25, 0.3) is 5.57 Å². The van der Waals surface area contributed by atoms with Gasteiger partial charge in [-0.1, -0.05) is 74.2 Å². The van der Waals surface area contributed by atoms with Gasteiger partial charge in [0, 0.05) is 12.2 Å². The molecule has 1 aliphatic carbocycles. The van der Waals surface area contributed by atoms with Gasteiger partial charge in [0.1, 0.15) is 5.41 Å². The molecule has 4 rings (SSSR count). The van der Waals surface area contributed by atoms with Gasteiger partial charge in [-0.15, -0.1) is 6.58 Å². The van der Waals surface area contributed by atoms with Gasteiger partial charge < -0.3 is 4.90 Å². The van der Waals surface area contributed by atoms with Crippen molar-refractivity contribution in [2.75, 3.05) is 11.4 Å². The minimum atomic E-state index is -1.98. The third-order valence-corrected chi connectivity index (χ3v) is 7.84. The fraction of sp³-hybridized carbons (Fsp3) is 0.250. The number of carbonyl (C=O) groups is 2. The zero-order chi connectivity index (χ0) is 20.1. The molecule has 0 saturated heterocycles. The van der Waals surface area contributed by atoms with E-state index in [-0.39, 0.29) is 11.7 Å². The smallest absolute Gasteiger partial charge is 0.246 e. The van der Waals surface area contributed by atoms with Crippen molar-refractivity contribution in [1.29, 1.82) is 0 Å². The molecule has 0 aromatic heterocycles. The number of ketones is 1. The zero-order valence-corrected chi connectivity index (χ0v) is 17.7. The summed E-state index contributed by atoms with van der Waals surface area (Å²) in [6.07, 6.45) is 2.16. The molecule has 28 heavy (non-hydrogen) atoms. The molecule has 1 aliphatic heterocycles. The molecule has 0 bridgehead atoms. The summed E-state index contributed by atoms with van der Waals surface area (Å²) in [5.74, 6) is -0.102. The topological polar surface area (TPSA) is 37.4 Å². The number of hydrogen-bond acceptors (Lipinski definition) is 2. The summed E-state index contributed by atoms with van der Waals surface area (Å²) in [7, 11) is -1.98. The molecular formula is C24H25NO2Si. The first kappa shape index (κ1) is 18.6. The van der Waals surface area contributed by atoms with Crippen LogP contribution in [0.3, 0.4) is 0 Å². The van der Waals surface area contributed by atoms with Crippen molar-refractivity contribution >= 4 is 31.0 Å². The molecule has 1 spiro atoms. The molecule has 0 unspecified atom stereocenters. The lowest BCUT2D eigenvalue weighted by atomic mass is 9.77. The third-order valence-electron chi connectivity index (χ3n) is 5.81. The first-order chi connectivity index (χ1) is 13.3. The molecule has 0 radical (unpaired) electrons. The second-order valence-corrected chi connectivity index (χ2v) is 13.6. The Labute approximate surface area is 167 Å². The number of hydrogen-bond donors (Lipinski definition) is 0. The summed E-state index contributed by atoms with van der Waals surface area (Å²) in [5.41, 5.74) is 2.66. The number of benzene rings is 2. The number of carbonyl (C=O) groups excluding carboxylic acids is 2. The highest BCUT2D eigenvalue weighted by Crippen LogP contribution is 2.54. The lowest BCUT2D eigenvalue weighted by molar-refractivity contribution is -0.130. The van der Waals surface area contributed by atoms with E-state index in [9.17, 15) is 9.59 Å². The Bertz CT molecular complexity index is 1020. The van der Waals surface area contributed by atoms with Crippen molar-refractivity contribution in [3.05, 3.63) is 83.6 Å². The highest BCUT2D eigenvalue weighted by molar-refractivity contribution is 6.89. The number of anilines is 1. The van der Waals surface area contributed by atoms with Crippen molar-refractivity contribution in [2.45, 2.75) is 31.5 Å². The minimum absolute atomic E-state index is 0.00883. The third kappa shape index (κ3) is 2.48. The van der Waals surface area contributed by atoms with Crippen LogP contribution >= 0.6 is 0 Å². The van der Waals surface area contributed by atoms with Crippen LogP contribution in [0.4, 0.5) is 5.69 Å². The monoisotopic (exact) mass is 387 g/mol. The maximum absolute atomic E-state index is 14.0. The molecule has 2 aromatic rings. The number of fused-ring (bicyclic) bond motifs is 2. The van der Waals surface area contributed by atoms with Gasteiger partial charge in [-0.2, -0.15) is 0 Å². The van der Waals surface area contributed by atoms with E-state index in [2.05, 4.69) is 38.4 Å². The highest BCUT2D eigenvalue weighted by Gasteiger charge is 2.61. The molecule has 2 aromatic carbocycles. The van der Waals surface area contributed by atoms with E-state index < -0.39 is 13.5 Å². The van der Waals surface area contributed by atoms with E-state index in [0.717, 1.165) is 27.6 Å². The van der Waals surface area contributed by atoms with Gasteiger partial charge in [-0.25, -0.2) is 0 Å². The van der Waals surface area contributed by atoms with Gasteiger partial charge in [0.05, 0.1) is 8.07 Å². The van der Waals surface area contributed by atoms with Crippen molar-refractivity contribution in [2.24, 2.45) is 0 Å². The van der Waals surface area contributed by atoms with Crippen molar-refractivity contribution in [3.8, 4) is 0 Å². The predicted molar refractivity (Wildman–Crippen MR) is 117 cm³/mol. The lowest BCUT2D eigenvalue weighted by Crippen LogP contribution is -2.46. The maximum atomic E-state index is 14.0. The Morgan fingerprint density at radius 2 is 1.68 bits per heavy atom. The van der Waals surface area contributed by atoms with Gasteiger partial charge in [0.2, 0.25) is 5.91 Å². The Morgan fingerprint density at radius 1 is 1.04 bits per heavy atom. The van der Waals surface area contributed by atoms with Crippen molar-refractivity contribution < 1.29 is 9.59 Å². The summed E-state index contributed by atoms with van der Waals surface area (Å²) in [4.78, 5) is 29.4. The van der Waals surface area contributed by atoms with E-state index >= 15 is 0 Å². The SMILES string of the molecule is C=CCN1C(=O)[C@]2(CC(c3ccccc3)=C([Si](C)(C)C)C2=O)c2ccccc21. The molecule has 4 heteroatoms. The molecule has 2 aliphatic rings. The number of Topliss-reactive ketones (excluding diaryl/α,β-unsaturated/α-hetero) is 1. The molecular weight excluding hydrogens is 362 g/mol. The number of allylic oxidation sites excluding steroid dienone is 2. The van der Waals surface area contributed by atoms with E-state index in [1.165, 1.54) is 0 Å². The fourth-order valence-electron chi connectivity index (χ4n) is 4.69. The average Bonchev–Trinajstić information content (AvgIpc) is 3.12. The van der Waals surface area contributed by atoms with Gasteiger partial charge in [-0.05, 0) is 34.4 Å². The molecule has 1 atom stereocenters. The van der Waals surface area contributed by atoms with Crippen LogP contribution in [-0.2, 0) is 15.0 Å². The zero-order valence-electron chi connectivity index (χ0n) is 16.7. The van der Waals surface area contributed by atoms with Gasteiger partial charge in [-0.3, -0.25) is 9.59 Å². The van der Waals surface area contributed by atoms with Crippen LogP contribution in [-0.4, -0.2) is 26.3 Å². The van der Waals surface area contributed by atoms with Gasteiger partial charge in [0.25, 0.3) is 0 Å². The molecule has 1 heterocycles. The summed E-state index contributed by atoms with van der Waals surface area (Å²) < 4.78 is 0. The number of rotatable bonds is 4. The Hall–Kier alpha value is -2.72. The van der Waals surface area contributed by atoms with Crippen molar-refractivity contribution in [3.63, 3.8) is 0 Å². The maximum Gasteiger partial charge on any atom is 0.246 e. The minimum Gasteiger partial charge on any atom is -0.307 e.